The first-order valence-corrected chi connectivity index (χ1v) is 8.02. The fourth-order valence-electron chi connectivity index (χ4n) is 2.62. The Morgan fingerprint density at radius 3 is 2.63 bits per heavy atom. The summed E-state index contributed by atoms with van der Waals surface area (Å²) < 4.78 is 6.83. The van der Waals surface area contributed by atoms with E-state index in [0.29, 0.717) is 28.5 Å². The number of nitriles is 1. The average molecular weight is 361 g/mol. The first-order valence-electron chi connectivity index (χ1n) is 8.02. The Balaban J connectivity index is 1.92. The summed E-state index contributed by atoms with van der Waals surface area (Å²) in [5.41, 5.74) is 1.90. The first kappa shape index (κ1) is 17.9. The average Bonchev–Trinajstić information content (AvgIpc) is 3.25. The predicted octanol–water partition coefficient (Wildman–Crippen LogP) is 3.71. The first-order chi connectivity index (χ1) is 12.9. The SMILES string of the molecule is Cc1cc(C)n(C(=O)/C(C#N)=C/c2ccc(-c3cccc(C(=O)O)c3)o2)n1. The Morgan fingerprint density at radius 2 is 2.00 bits per heavy atom. The number of hydrogen-bond acceptors (Lipinski definition) is 5. The molecule has 0 unspecified atom stereocenters. The van der Waals surface area contributed by atoms with Crippen LogP contribution in [-0.2, 0) is 0 Å². The number of aromatic nitrogens is 2. The lowest BCUT2D eigenvalue weighted by Crippen LogP contribution is -2.15. The maximum Gasteiger partial charge on any atom is 0.335 e. The van der Waals surface area contributed by atoms with Crippen LogP contribution in [0.4, 0.5) is 0 Å². The highest BCUT2D eigenvalue weighted by molar-refractivity contribution is 6.02. The van der Waals surface area contributed by atoms with Crippen molar-refractivity contribution in [3.8, 4) is 17.4 Å². The summed E-state index contributed by atoms with van der Waals surface area (Å²) >= 11 is 0. The maximum absolute atomic E-state index is 12.5. The number of carbonyl (C=O) groups is 2. The standard InChI is InChI=1S/C20H15N3O4/c1-12-8-13(2)23(22-12)19(24)16(11-21)10-17-6-7-18(27-17)14-4-3-5-15(9-14)20(25)26/h3-10H,1-2H3,(H,25,26)/b16-10+. The fourth-order valence-corrected chi connectivity index (χ4v) is 2.62. The van der Waals surface area contributed by atoms with Crippen LogP contribution in [0, 0.1) is 25.2 Å². The number of aryl methyl sites for hydroxylation is 2. The fraction of sp³-hybridized carbons (Fsp3) is 0.100. The van der Waals surface area contributed by atoms with Crippen LogP contribution < -0.4 is 0 Å². The largest absolute Gasteiger partial charge is 0.478 e. The van der Waals surface area contributed by atoms with Crippen molar-refractivity contribution in [2.24, 2.45) is 0 Å². The minimum absolute atomic E-state index is 0.124. The van der Waals surface area contributed by atoms with Gasteiger partial charge in [0.05, 0.1) is 11.3 Å². The summed E-state index contributed by atoms with van der Waals surface area (Å²) in [6.45, 7) is 3.49. The number of benzene rings is 1. The van der Waals surface area contributed by atoms with Crippen molar-refractivity contribution in [1.82, 2.24) is 9.78 Å². The molecule has 0 bridgehead atoms. The number of carbonyl (C=O) groups excluding carboxylic acids is 1. The number of allylic oxidation sites excluding steroid dienone is 1. The van der Waals surface area contributed by atoms with Gasteiger partial charge in [-0.25, -0.2) is 9.48 Å². The smallest absolute Gasteiger partial charge is 0.335 e. The van der Waals surface area contributed by atoms with E-state index in [0.717, 1.165) is 0 Å². The van der Waals surface area contributed by atoms with Gasteiger partial charge in [-0.1, -0.05) is 12.1 Å². The van der Waals surface area contributed by atoms with Gasteiger partial charge in [0.15, 0.2) is 0 Å². The molecule has 0 aliphatic heterocycles. The van der Waals surface area contributed by atoms with Crippen molar-refractivity contribution in [3.05, 3.63) is 70.7 Å². The number of furan rings is 1. The lowest BCUT2D eigenvalue weighted by molar-refractivity contribution is 0.0696. The highest BCUT2D eigenvalue weighted by Gasteiger charge is 2.16. The predicted molar refractivity (Wildman–Crippen MR) is 97.0 cm³/mol. The third kappa shape index (κ3) is 3.70. The lowest BCUT2D eigenvalue weighted by Gasteiger charge is -2.01. The van der Waals surface area contributed by atoms with Crippen LogP contribution in [0.1, 0.15) is 32.3 Å². The van der Waals surface area contributed by atoms with E-state index < -0.39 is 11.9 Å². The zero-order valence-electron chi connectivity index (χ0n) is 14.6. The van der Waals surface area contributed by atoms with Crippen LogP contribution in [0.3, 0.4) is 0 Å². The molecule has 3 rings (SSSR count). The third-order valence-corrected chi connectivity index (χ3v) is 3.86. The molecule has 0 spiro atoms. The van der Waals surface area contributed by atoms with Gasteiger partial charge in [-0.05, 0) is 44.2 Å². The summed E-state index contributed by atoms with van der Waals surface area (Å²) in [6, 6.07) is 13.2. The van der Waals surface area contributed by atoms with E-state index in [1.807, 2.05) is 6.07 Å². The second kappa shape index (κ2) is 7.14. The van der Waals surface area contributed by atoms with Crippen molar-refractivity contribution in [2.75, 3.05) is 0 Å². The van der Waals surface area contributed by atoms with Crippen LogP contribution in [-0.4, -0.2) is 26.8 Å². The molecule has 7 heteroatoms. The van der Waals surface area contributed by atoms with E-state index in [4.69, 9.17) is 9.52 Å². The Bertz CT molecular complexity index is 1110. The van der Waals surface area contributed by atoms with Crippen molar-refractivity contribution < 1.29 is 19.1 Å². The molecule has 0 aliphatic rings. The molecule has 2 aromatic heterocycles. The Morgan fingerprint density at radius 1 is 1.22 bits per heavy atom. The van der Waals surface area contributed by atoms with Gasteiger partial charge < -0.3 is 9.52 Å². The van der Waals surface area contributed by atoms with Gasteiger partial charge >= 0.3 is 5.97 Å². The van der Waals surface area contributed by atoms with Crippen LogP contribution >= 0.6 is 0 Å². The van der Waals surface area contributed by atoms with Crippen LogP contribution in [0.2, 0.25) is 0 Å². The topological polar surface area (TPSA) is 109 Å². The van der Waals surface area contributed by atoms with Crippen molar-refractivity contribution in [2.45, 2.75) is 13.8 Å². The number of rotatable bonds is 4. The van der Waals surface area contributed by atoms with Crippen LogP contribution in [0.25, 0.3) is 17.4 Å². The molecular formula is C20H15N3O4. The van der Waals surface area contributed by atoms with E-state index in [1.165, 1.54) is 22.9 Å². The molecule has 134 valence electrons. The van der Waals surface area contributed by atoms with E-state index in [9.17, 15) is 14.9 Å². The normalized spacial score (nSPS) is 11.2. The van der Waals surface area contributed by atoms with Crippen LogP contribution in [0.15, 0.2) is 52.5 Å². The molecule has 7 nitrogen and oxygen atoms in total. The number of aromatic carboxylic acids is 1. The number of carboxylic acids is 1. The van der Waals surface area contributed by atoms with Gasteiger partial charge in [-0.2, -0.15) is 10.4 Å². The van der Waals surface area contributed by atoms with Gasteiger partial charge in [0, 0.05) is 17.3 Å². The summed E-state index contributed by atoms with van der Waals surface area (Å²) in [4.78, 5) is 23.6. The number of carboxylic acid groups (broad SMARTS) is 1. The Labute approximate surface area is 154 Å². The summed E-state index contributed by atoms with van der Waals surface area (Å²) in [6.07, 6.45) is 1.34. The van der Waals surface area contributed by atoms with E-state index in [1.54, 1.807) is 44.2 Å². The number of nitrogens with zero attached hydrogens (tertiary/aromatic N) is 3. The van der Waals surface area contributed by atoms with Gasteiger partial charge in [-0.15, -0.1) is 0 Å². The van der Waals surface area contributed by atoms with Gasteiger partial charge in [0.25, 0.3) is 5.91 Å². The molecule has 0 atom stereocenters. The van der Waals surface area contributed by atoms with E-state index in [-0.39, 0.29) is 11.1 Å². The summed E-state index contributed by atoms with van der Waals surface area (Å²) in [7, 11) is 0. The van der Waals surface area contributed by atoms with Gasteiger partial charge in [0.1, 0.15) is 23.2 Å². The Hall–Kier alpha value is -3.92. The quantitative estimate of drug-likeness (QED) is 0.560. The second-order valence-electron chi connectivity index (χ2n) is 5.90. The molecule has 0 saturated heterocycles. The molecule has 3 aromatic rings. The molecular weight excluding hydrogens is 346 g/mol. The molecule has 2 heterocycles. The highest BCUT2D eigenvalue weighted by Crippen LogP contribution is 2.24. The maximum atomic E-state index is 12.5. The minimum atomic E-state index is -1.04. The monoisotopic (exact) mass is 361 g/mol. The summed E-state index contributed by atoms with van der Waals surface area (Å²) in [5.74, 6) is -0.850. The highest BCUT2D eigenvalue weighted by atomic mass is 16.4. The Kier molecular flexibility index (Phi) is 4.73. The van der Waals surface area contributed by atoms with Crippen LogP contribution in [0.5, 0.6) is 0 Å². The minimum Gasteiger partial charge on any atom is -0.478 e. The van der Waals surface area contributed by atoms with Gasteiger partial charge in [-0.3, -0.25) is 4.79 Å². The molecule has 27 heavy (non-hydrogen) atoms. The summed E-state index contributed by atoms with van der Waals surface area (Å²) in [5, 5.41) is 22.5. The van der Waals surface area contributed by atoms with Gasteiger partial charge in [0.2, 0.25) is 0 Å². The van der Waals surface area contributed by atoms with E-state index in [2.05, 4.69) is 5.10 Å². The third-order valence-electron chi connectivity index (χ3n) is 3.86. The molecule has 0 fully saturated rings. The molecule has 0 amide bonds. The number of hydrogen-bond donors (Lipinski definition) is 1. The zero-order chi connectivity index (χ0) is 19.6. The van der Waals surface area contributed by atoms with Crippen molar-refractivity contribution in [1.29, 1.82) is 5.26 Å². The molecule has 1 N–H and O–H groups in total. The molecule has 0 radical (unpaired) electrons. The van der Waals surface area contributed by atoms with E-state index >= 15 is 0 Å². The zero-order valence-corrected chi connectivity index (χ0v) is 14.6. The van der Waals surface area contributed by atoms with Crippen molar-refractivity contribution >= 4 is 18.0 Å². The molecule has 0 aliphatic carbocycles. The second-order valence-corrected chi connectivity index (χ2v) is 5.90. The van der Waals surface area contributed by atoms with Crippen molar-refractivity contribution in [3.63, 3.8) is 0 Å². The molecule has 1 aromatic carbocycles. The molecule has 0 saturated carbocycles. The lowest BCUT2D eigenvalue weighted by atomic mass is 10.1.